The zero-order chi connectivity index (χ0) is 14.4. The minimum atomic E-state index is -0.225. The summed E-state index contributed by atoms with van der Waals surface area (Å²) in [6, 6.07) is 10.8. The Kier molecular flexibility index (Phi) is 4.52. The first kappa shape index (κ1) is 14.1. The van der Waals surface area contributed by atoms with E-state index < -0.39 is 0 Å². The van der Waals surface area contributed by atoms with Gasteiger partial charge >= 0.3 is 0 Å². The van der Waals surface area contributed by atoms with E-state index in [9.17, 15) is 0 Å². The van der Waals surface area contributed by atoms with E-state index in [2.05, 4.69) is 5.32 Å². The Hall–Kier alpha value is -2.97. The zero-order valence-corrected chi connectivity index (χ0v) is 11.0. The van der Waals surface area contributed by atoms with Crippen molar-refractivity contribution in [3.05, 3.63) is 35.0 Å². The number of nitrogens with zero attached hydrogens (tertiary/aromatic N) is 4. The first-order valence-corrected chi connectivity index (χ1v) is 5.53. The molecule has 0 heterocycles. The average Bonchev–Trinajstić information content (AvgIpc) is 2.38. The zero-order valence-electron chi connectivity index (χ0n) is 11.0. The molecule has 94 valence electrons. The van der Waals surface area contributed by atoms with Crippen molar-refractivity contribution in [1.29, 1.82) is 15.8 Å². The van der Waals surface area contributed by atoms with Gasteiger partial charge in [-0.2, -0.15) is 15.8 Å². The maximum absolute atomic E-state index is 8.95. The first-order valence-electron chi connectivity index (χ1n) is 5.53. The van der Waals surface area contributed by atoms with Crippen molar-refractivity contribution in [2.24, 2.45) is 0 Å². The SMILES string of the molecule is Cc1cc(NC(C#N)=C(C#N)C#N)ccc1N(C)C. The summed E-state index contributed by atoms with van der Waals surface area (Å²) in [5.41, 5.74) is 2.50. The Balaban J connectivity index is 3.13. The third-order valence-corrected chi connectivity index (χ3v) is 2.53. The topological polar surface area (TPSA) is 86.6 Å². The third-order valence-electron chi connectivity index (χ3n) is 2.53. The van der Waals surface area contributed by atoms with E-state index in [1.54, 1.807) is 18.2 Å². The van der Waals surface area contributed by atoms with E-state index in [0.29, 0.717) is 5.69 Å². The molecule has 1 aromatic carbocycles. The van der Waals surface area contributed by atoms with Gasteiger partial charge in [0.2, 0.25) is 0 Å². The van der Waals surface area contributed by atoms with Gasteiger partial charge in [-0.3, -0.25) is 0 Å². The summed E-state index contributed by atoms with van der Waals surface area (Å²) >= 11 is 0. The summed E-state index contributed by atoms with van der Waals surface area (Å²) in [6.45, 7) is 1.95. The van der Waals surface area contributed by atoms with Crippen molar-refractivity contribution < 1.29 is 0 Å². The molecule has 0 aliphatic carbocycles. The number of anilines is 2. The van der Waals surface area contributed by atoms with E-state index in [4.69, 9.17) is 15.8 Å². The maximum atomic E-state index is 8.95. The van der Waals surface area contributed by atoms with Crippen molar-refractivity contribution in [3.8, 4) is 18.2 Å². The second kappa shape index (κ2) is 6.10. The number of hydrogen-bond donors (Lipinski definition) is 1. The minimum Gasteiger partial charge on any atom is -0.377 e. The Bertz CT molecular complexity index is 619. The molecule has 1 N–H and O–H groups in total. The fraction of sp³-hybridized carbons (Fsp3) is 0.214. The van der Waals surface area contributed by atoms with E-state index in [-0.39, 0.29) is 11.3 Å². The monoisotopic (exact) mass is 251 g/mol. The van der Waals surface area contributed by atoms with Gasteiger partial charge in [0.15, 0.2) is 5.57 Å². The largest absolute Gasteiger partial charge is 0.377 e. The van der Waals surface area contributed by atoms with E-state index >= 15 is 0 Å². The molecule has 0 saturated carbocycles. The molecule has 0 fully saturated rings. The molecule has 5 heteroatoms. The van der Waals surface area contributed by atoms with Crippen LogP contribution in [0.15, 0.2) is 29.5 Å². The van der Waals surface area contributed by atoms with Crippen LogP contribution in [0.4, 0.5) is 11.4 Å². The molecule has 0 atom stereocenters. The lowest BCUT2D eigenvalue weighted by Gasteiger charge is -2.16. The molecule has 0 saturated heterocycles. The lowest BCUT2D eigenvalue weighted by molar-refractivity contribution is 1.11. The summed E-state index contributed by atoms with van der Waals surface area (Å²) in [7, 11) is 3.89. The summed E-state index contributed by atoms with van der Waals surface area (Å²) < 4.78 is 0. The van der Waals surface area contributed by atoms with Crippen LogP contribution in [0.1, 0.15) is 5.56 Å². The normalized spacial score (nSPS) is 8.63. The number of allylic oxidation sites excluding steroid dienone is 2. The quantitative estimate of drug-likeness (QED) is 0.833. The van der Waals surface area contributed by atoms with Crippen LogP contribution < -0.4 is 10.2 Å². The summed E-state index contributed by atoms with van der Waals surface area (Å²) in [5.74, 6) is 0. The van der Waals surface area contributed by atoms with Gasteiger partial charge in [0.1, 0.15) is 23.9 Å². The van der Waals surface area contributed by atoms with Crippen LogP contribution in [-0.2, 0) is 0 Å². The predicted octanol–water partition coefficient (Wildman–Crippen LogP) is 2.30. The van der Waals surface area contributed by atoms with E-state index in [1.807, 2.05) is 44.1 Å². The number of nitriles is 3. The van der Waals surface area contributed by atoms with Gasteiger partial charge < -0.3 is 10.2 Å². The van der Waals surface area contributed by atoms with Gasteiger partial charge in [0, 0.05) is 25.5 Å². The van der Waals surface area contributed by atoms with Gasteiger partial charge in [-0.15, -0.1) is 0 Å². The smallest absolute Gasteiger partial charge is 0.163 e. The van der Waals surface area contributed by atoms with Crippen LogP contribution >= 0.6 is 0 Å². The highest BCUT2D eigenvalue weighted by molar-refractivity contribution is 5.64. The van der Waals surface area contributed by atoms with Crippen LogP contribution in [0, 0.1) is 40.9 Å². The third kappa shape index (κ3) is 3.25. The van der Waals surface area contributed by atoms with Crippen LogP contribution in [0.25, 0.3) is 0 Å². The second-order valence-corrected chi connectivity index (χ2v) is 4.11. The first-order chi connectivity index (χ1) is 9.03. The molecule has 0 spiro atoms. The molecule has 0 bridgehead atoms. The highest BCUT2D eigenvalue weighted by Gasteiger charge is 2.07. The van der Waals surface area contributed by atoms with E-state index in [1.165, 1.54) is 0 Å². The molecule has 0 radical (unpaired) electrons. The molecule has 0 aromatic heterocycles. The average molecular weight is 251 g/mol. The Morgan fingerprint density at radius 2 is 1.74 bits per heavy atom. The molecule has 5 nitrogen and oxygen atoms in total. The van der Waals surface area contributed by atoms with E-state index in [0.717, 1.165) is 11.3 Å². The fourth-order valence-electron chi connectivity index (χ4n) is 1.66. The van der Waals surface area contributed by atoms with Crippen LogP contribution in [0.2, 0.25) is 0 Å². The van der Waals surface area contributed by atoms with Crippen molar-refractivity contribution in [1.82, 2.24) is 0 Å². The molecule has 0 aliphatic rings. The van der Waals surface area contributed by atoms with Crippen molar-refractivity contribution in [3.63, 3.8) is 0 Å². The summed E-state index contributed by atoms with van der Waals surface area (Å²) in [6.07, 6.45) is 0. The summed E-state index contributed by atoms with van der Waals surface area (Å²) in [4.78, 5) is 1.98. The Morgan fingerprint density at radius 1 is 1.11 bits per heavy atom. The molecular formula is C14H13N5. The van der Waals surface area contributed by atoms with Gasteiger partial charge in [-0.05, 0) is 30.7 Å². The number of benzene rings is 1. The fourth-order valence-corrected chi connectivity index (χ4v) is 1.66. The second-order valence-electron chi connectivity index (χ2n) is 4.11. The molecule has 0 aliphatic heterocycles. The van der Waals surface area contributed by atoms with Crippen molar-refractivity contribution in [2.45, 2.75) is 6.92 Å². The maximum Gasteiger partial charge on any atom is 0.163 e. The van der Waals surface area contributed by atoms with Crippen LogP contribution in [0.5, 0.6) is 0 Å². The highest BCUT2D eigenvalue weighted by Crippen LogP contribution is 2.22. The lowest BCUT2D eigenvalue weighted by atomic mass is 10.1. The minimum absolute atomic E-state index is 0.0398. The molecule has 1 aromatic rings. The number of hydrogen-bond acceptors (Lipinski definition) is 5. The Morgan fingerprint density at radius 3 is 2.16 bits per heavy atom. The van der Waals surface area contributed by atoms with Crippen LogP contribution in [-0.4, -0.2) is 14.1 Å². The molecule has 1 rings (SSSR count). The standard InChI is InChI=1S/C14H13N5/c1-10-6-12(4-5-14(10)19(2)3)18-13(9-17)11(7-15)8-16/h4-6,18H,1-3H3. The molecule has 19 heavy (non-hydrogen) atoms. The van der Waals surface area contributed by atoms with Gasteiger partial charge in [0.25, 0.3) is 0 Å². The van der Waals surface area contributed by atoms with Gasteiger partial charge in [0.05, 0.1) is 0 Å². The number of rotatable bonds is 3. The lowest BCUT2D eigenvalue weighted by Crippen LogP contribution is -2.10. The Labute approximate surface area is 112 Å². The highest BCUT2D eigenvalue weighted by atomic mass is 15.1. The summed E-state index contributed by atoms with van der Waals surface area (Å²) in [5, 5.41) is 29.2. The van der Waals surface area contributed by atoms with Crippen molar-refractivity contribution in [2.75, 3.05) is 24.3 Å². The molecule has 0 amide bonds. The molecule has 0 unspecified atom stereocenters. The molecular weight excluding hydrogens is 238 g/mol. The predicted molar refractivity (Wildman–Crippen MR) is 73.0 cm³/mol. The van der Waals surface area contributed by atoms with Gasteiger partial charge in [-0.1, -0.05) is 0 Å². The number of nitrogens with one attached hydrogen (secondary N) is 1. The van der Waals surface area contributed by atoms with Crippen LogP contribution in [0.3, 0.4) is 0 Å². The van der Waals surface area contributed by atoms with Crippen molar-refractivity contribution >= 4 is 11.4 Å². The van der Waals surface area contributed by atoms with Gasteiger partial charge in [-0.25, -0.2) is 0 Å². The number of aryl methyl sites for hydroxylation is 1.